The van der Waals surface area contributed by atoms with Crippen molar-refractivity contribution in [2.75, 3.05) is 31.4 Å². The lowest BCUT2D eigenvalue weighted by molar-refractivity contribution is 0.303. The maximum Gasteiger partial charge on any atom is 0.183 e. The van der Waals surface area contributed by atoms with Crippen LogP contribution in [-0.2, 0) is 13.2 Å². The Kier molecular flexibility index (Phi) is 6.54. The highest BCUT2D eigenvalue weighted by molar-refractivity contribution is 7.13. The molecule has 0 aliphatic heterocycles. The second kappa shape index (κ2) is 10.3. The molecule has 198 valence electrons. The number of aromatic nitrogens is 4. The van der Waals surface area contributed by atoms with E-state index in [0.717, 1.165) is 27.6 Å². The summed E-state index contributed by atoms with van der Waals surface area (Å²) in [6, 6.07) is 17.9. The highest BCUT2D eigenvalue weighted by Crippen LogP contribution is 2.37. The molecule has 0 spiro atoms. The number of fused-ring (bicyclic) bond motifs is 2. The number of hydrogen-bond acceptors (Lipinski definition) is 9. The van der Waals surface area contributed by atoms with Crippen LogP contribution >= 0.6 is 11.3 Å². The molecule has 0 radical (unpaired) electrons. The molecule has 39 heavy (non-hydrogen) atoms. The molecule has 6 aromatic rings. The maximum atomic E-state index is 6.22. The van der Waals surface area contributed by atoms with Gasteiger partial charge >= 0.3 is 0 Å². The van der Waals surface area contributed by atoms with Crippen molar-refractivity contribution in [1.29, 1.82) is 0 Å². The first-order chi connectivity index (χ1) is 18.9. The van der Waals surface area contributed by atoms with Gasteiger partial charge in [0, 0.05) is 43.8 Å². The topological polar surface area (TPSA) is 90.0 Å². The molecule has 0 saturated heterocycles. The molecule has 4 heterocycles. The third kappa shape index (κ3) is 5.23. The van der Waals surface area contributed by atoms with Crippen LogP contribution in [0, 0.1) is 6.92 Å². The van der Waals surface area contributed by atoms with Crippen molar-refractivity contribution in [3.05, 3.63) is 83.1 Å². The summed E-state index contributed by atoms with van der Waals surface area (Å²) in [7, 11) is 5.70. The van der Waals surface area contributed by atoms with Crippen molar-refractivity contribution < 1.29 is 13.9 Å². The Morgan fingerprint density at radius 3 is 2.82 bits per heavy atom. The zero-order valence-corrected chi connectivity index (χ0v) is 23.0. The summed E-state index contributed by atoms with van der Waals surface area (Å²) in [5.74, 6) is 1.93. The van der Waals surface area contributed by atoms with Crippen LogP contribution < -0.4 is 19.7 Å². The molecule has 4 aromatic heterocycles. The van der Waals surface area contributed by atoms with E-state index in [1.165, 1.54) is 11.3 Å². The van der Waals surface area contributed by atoms with Gasteiger partial charge in [0.15, 0.2) is 16.5 Å². The second-order valence-electron chi connectivity index (χ2n) is 9.40. The van der Waals surface area contributed by atoms with Crippen LogP contribution in [0.1, 0.15) is 17.0 Å². The number of imidazole rings is 1. The molecule has 0 amide bonds. The fourth-order valence-corrected chi connectivity index (χ4v) is 4.96. The molecular formula is C29H28N6O3S. The third-order valence-electron chi connectivity index (χ3n) is 6.31. The van der Waals surface area contributed by atoms with E-state index in [0.29, 0.717) is 41.7 Å². The molecular weight excluding hydrogens is 512 g/mol. The third-order valence-corrected chi connectivity index (χ3v) is 7.16. The van der Waals surface area contributed by atoms with E-state index >= 15 is 0 Å². The number of nitrogens with zero attached hydrogens (tertiary/aromatic N) is 5. The number of hydrogen-bond donors (Lipinski definition) is 1. The SMILES string of the molecule is COc1cc(OCc2csc(NCc3cccc(N(C)C)c3)n2)c2cc(-c3cn4nc(C)ccc4n3)oc2c1. The fraction of sp³-hybridized carbons (Fsp3) is 0.207. The van der Waals surface area contributed by atoms with E-state index in [9.17, 15) is 0 Å². The van der Waals surface area contributed by atoms with Crippen molar-refractivity contribution in [2.45, 2.75) is 20.1 Å². The Morgan fingerprint density at radius 1 is 1.08 bits per heavy atom. The minimum atomic E-state index is 0.314. The average Bonchev–Trinajstić information content (AvgIpc) is 3.68. The molecule has 1 N–H and O–H groups in total. The monoisotopic (exact) mass is 540 g/mol. The van der Waals surface area contributed by atoms with Crippen LogP contribution in [-0.4, -0.2) is 40.8 Å². The number of ether oxygens (including phenoxy) is 2. The standard InChI is InChI=1S/C29H28N6O3S/c1-18-8-9-28-32-24(15-35(28)33-18)27-13-23-25(11-22(36-4)12-26(23)38-27)37-16-20-17-39-29(31-20)30-14-19-6-5-7-21(10-19)34(2)3/h5-13,15,17H,14,16H2,1-4H3,(H,30,31). The largest absolute Gasteiger partial charge is 0.496 e. The first kappa shape index (κ1) is 24.7. The number of aryl methyl sites for hydroxylation is 1. The Balaban J connectivity index is 1.19. The number of furan rings is 1. The zero-order valence-electron chi connectivity index (χ0n) is 22.1. The van der Waals surface area contributed by atoms with Crippen molar-refractivity contribution in [3.63, 3.8) is 0 Å². The molecule has 9 nitrogen and oxygen atoms in total. The Bertz CT molecular complexity index is 1770. The molecule has 0 bridgehead atoms. The van der Waals surface area contributed by atoms with Gasteiger partial charge < -0.3 is 24.1 Å². The lowest BCUT2D eigenvalue weighted by Crippen LogP contribution is -2.09. The summed E-state index contributed by atoms with van der Waals surface area (Å²) < 4.78 is 19.6. The number of anilines is 2. The van der Waals surface area contributed by atoms with Gasteiger partial charge in [-0.2, -0.15) is 5.10 Å². The van der Waals surface area contributed by atoms with Gasteiger partial charge in [0.25, 0.3) is 0 Å². The van der Waals surface area contributed by atoms with Crippen LogP contribution in [0.25, 0.3) is 28.1 Å². The minimum absolute atomic E-state index is 0.314. The Morgan fingerprint density at radius 2 is 1.97 bits per heavy atom. The number of benzene rings is 2. The van der Waals surface area contributed by atoms with Crippen LogP contribution in [0.4, 0.5) is 10.8 Å². The van der Waals surface area contributed by atoms with Crippen LogP contribution in [0.2, 0.25) is 0 Å². The first-order valence-corrected chi connectivity index (χ1v) is 13.4. The van der Waals surface area contributed by atoms with Gasteiger partial charge in [0.2, 0.25) is 0 Å². The fourth-order valence-electron chi connectivity index (χ4n) is 4.27. The molecule has 0 saturated carbocycles. The van der Waals surface area contributed by atoms with Crippen LogP contribution in [0.3, 0.4) is 0 Å². The van der Waals surface area contributed by atoms with Gasteiger partial charge in [0.05, 0.1) is 30.1 Å². The Labute approximate surface area is 229 Å². The molecule has 0 unspecified atom stereocenters. The summed E-state index contributed by atoms with van der Waals surface area (Å²) in [5, 5.41) is 11.6. The Hall–Kier alpha value is -4.57. The van der Waals surface area contributed by atoms with Crippen molar-refractivity contribution >= 4 is 38.8 Å². The summed E-state index contributed by atoms with van der Waals surface area (Å²) in [6.45, 7) is 2.96. The van der Waals surface area contributed by atoms with Gasteiger partial charge in [-0.15, -0.1) is 11.3 Å². The van der Waals surface area contributed by atoms with Gasteiger partial charge in [0.1, 0.15) is 29.4 Å². The van der Waals surface area contributed by atoms with Gasteiger partial charge in [-0.05, 0) is 42.8 Å². The van der Waals surface area contributed by atoms with E-state index in [1.807, 2.05) is 62.9 Å². The first-order valence-electron chi connectivity index (χ1n) is 12.5. The second-order valence-corrected chi connectivity index (χ2v) is 10.3. The molecule has 0 fully saturated rings. The van der Waals surface area contributed by atoms with Gasteiger partial charge in [-0.3, -0.25) is 0 Å². The molecule has 0 aliphatic carbocycles. The van der Waals surface area contributed by atoms with E-state index in [2.05, 4.69) is 44.6 Å². The lowest BCUT2D eigenvalue weighted by atomic mass is 10.2. The number of methoxy groups -OCH3 is 1. The lowest BCUT2D eigenvalue weighted by Gasteiger charge is -2.13. The quantitative estimate of drug-likeness (QED) is 0.233. The summed E-state index contributed by atoms with van der Waals surface area (Å²) in [6.07, 6.45) is 1.86. The molecule has 6 rings (SSSR count). The number of nitrogens with one attached hydrogen (secondary N) is 1. The summed E-state index contributed by atoms with van der Waals surface area (Å²) in [5.41, 5.74) is 6.22. The van der Waals surface area contributed by atoms with Crippen molar-refractivity contribution in [3.8, 4) is 23.0 Å². The number of rotatable bonds is 9. The normalized spacial score (nSPS) is 11.3. The molecule has 0 atom stereocenters. The zero-order chi connectivity index (χ0) is 26.9. The van der Waals surface area contributed by atoms with E-state index in [-0.39, 0.29) is 0 Å². The van der Waals surface area contributed by atoms with Crippen LogP contribution in [0.5, 0.6) is 11.5 Å². The van der Waals surface area contributed by atoms with Crippen molar-refractivity contribution in [1.82, 2.24) is 19.6 Å². The van der Waals surface area contributed by atoms with Crippen molar-refractivity contribution in [2.24, 2.45) is 0 Å². The van der Waals surface area contributed by atoms with E-state index in [4.69, 9.17) is 18.9 Å². The number of thiazole rings is 1. The van der Waals surface area contributed by atoms with E-state index < -0.39 is 0 Å². The van der Waals surface area contributed by atoms with Gasteiger partial charge in [-0.1, -0.05) is 12.1 Å². The predicted molar refractivity (Wildman–Crippen MR) is 154 cm³/mol. The maximum absolute atomic E-state index is 6.22. The summed E-state index contributed by atoms with van der Waals surface area (Å²) >= 11 is 1.56. The highest BCUT2D eigenvalue weighted by atomic mass is 32.1. The minimum Gasteiger partial charge on any atom is -0.496 e. The van der Waals surface area contributed by atoms with Gasteiger partial charge in [-0.25, -0.2) is 14.5 Å². The summed E-state index contributed by atoms with van der Waals surface area (Å²) in [4.78, 5) is 11.5. The van der Waals surface area contributed by atoms with E-state index in [1.54, 1.807) is 23.0 Å². The smallest absolute Gasteiger partial charge is 0.183 e. The molecule has 0 aliphatic rings. The predicted octanol–water partition coefficient (Wildman–Crippen LogP) is 6.17. The molecule has 10 heteroatoms. The molecule has 2 aromatic carbocycles. The van der Waals surface area contributed by atoms with Crippen LogP contribution in [0.15, 0.2) is 70.6 Å². The average molecular weight is 541 g/mol. The highest BCUT2D eigenvalue weighted by Gasteiger charge is 2.16.